The molecule has 1 aliphatic heterocycles. The first-order valence-electron chi connectivity index (χ1n) is 13.6. The van der Waals surface area contributed by atoms with E-state index < -0.39 is 5.54 Å². The van der Waals surface area contributed by atoms with E-state index >= 15 is 0 Å². The van der Waals surface area contributed by atoms with Gasteiger partial charge in [-0.05, 0) is 28.8 Å². The van der Waals surface area contributed by atoms with Crippen molar-refractivity contribution in [2.24, 2.45) is 0 Å². The molecule has 1 aliphatic rings. The van der Waals surface area contributed by atoms with Crippen molar-refractivity contribution in [3.05, 3.63) is 132 Å². The van der Waals surface area contributed by atoms with Crippen LogP contribution in [0.15, 0.2) is 116 Å². The van der Waals surface area contributed by atoms with Crippen LogP contribution >= 0.6 is 0 Å². The standard InChI is InChI=1S/C33H29N5O2/c1-4-10-24(11-5-1)33(25-12-6-2-7-13-25,26-14-8-3-9-15-26)38-29-17-20-34-32(40-27-18-22-39-23-19-27)30(29)31(37-38)28-16-21-35-36-28/h1-17,20-21,27H,18-19,22-23H2,(H,35,36). The highest BCUT2D eigenvalue weighted by molar-refractivity contribution is 5.96. The topological polar surface area (TPSA) is 77.9 Å². The molecule has 7 nitrogen and oxygen atoms in total. The molecule has 6 aromatic rings. The monoisotopic (exact) mass is 527 g/mol. The van der Waals surface area contributed by atoms with E-state index in [4.69, 9.17) is 19.6 Å². The number of fused-ring (bicyclic) bond motifs is 1. The molecule has 0 radical (unpaired) electrons. The van der Waals surface area contributed by atoms with Crippen LogP contribution in [0.2, 0.25) is 0 Å². The van der Waals surface area contributed by atoms with Crippen LogP contribution in [0.3, 0.4) is 0 Å². The fourth-order valence-electron chi connectivity index (χ4n) is 5.81. The lowest BCUT2D eigenvalue weighted by atomic mass is 9.77. The summed E-state index contributed by atoms with van der Waals surface area (Å²) in [6.07, 6.45) is 5.25. The van der Waals surface area contributed by atoms with Crippen molar-refractivity contribution in [2.45, 2.75) is 24.5 Å². The van der Waals surface area contributed by atoms with E-state index in [2.05, 4.69) is 87.7 Å². The first-order valence-corrected chi connectivity index (χ1v) is 13.6. The van der Waals surface area contributed by atoms with Crippen molar-refractivity contribution in [1.82, 2.24) is 25.0 Å². The second-order valence-electron chi connectivity index (χ2n) is 9.98. The smallest absolute Gasteiger partial charge is 0.225 e. The van der Waals surface area contributed by atoms with Gasteiger partial charge in [-0.15, -0.1) is 0 Å². The van der Waals surface area contributed by atoms with Crippen LogP contribution in [0.25, 0.3) is 22.3 Å². The summed E-state index contributed by atoms with van der Waals surface area (Å²) >= 11 is 0. The Morgan fingerprint density at radius 3 is 1.90 bits per heavy atom. The minimum Gasteiger partial charge on any atom is -0.474 e. The van der Waals surface area contributed by atoms with Gasteiger partial charge in [0.1, 0.15) is 17.3 Å². The molecule has 198 valence electrons. The molecule has 0 aliphatic carbocycles. The quantitative estimate of drug-likeness (QED) is 0.250. The third-order valence-corrected chi connectivity index (χ3v) is 7.65. The summed E-state index contributed by atoms with van der Waals surface area (Å²) in [5, 5.41) is 13.6. The lowest BCUT2D eigenvalue weighted by Crippen LogP contribution is -2.38. The molecule has 7 heteroatoms. The summed E-state index contributed by atoms with van der Waals surface area (Å²) in [6.45, 7) is 1.37. The van der Waals surface area contributed by atoms with Crippen LogP contribution in [0.5, 0.6) is 5.88 Å². The Morgan fingerprint density at radius 2 is 1.35 bits per heavy atom. The lowest BCUT2D eigenvalue weighted by molar-refractivity contribution is 0.0244. The lowest BCUT2D eigenvalue weighted by Gasteiger charge is -2.37. The predicted octanol–water partition coefficient (Wildman–Crippen LogP) is 6.22. The van der Waals surface area contributed by atoms with Crippen molar-refractivity contribution < 1.29 is 9.47 Å². The van der Waals surface area contributed by atoms with Gasteiger partial charge in [-0.3, -0.25) is 5.10 Å². The SMILES string of the molecule is c1ccc(C(c2ccccc2)(c2ccccc2)n2nc(-c3ccn[nH]3)c3c(OC4CCOCC4)nccc32)cc1. The summed E-state index contributed by atoms with van der Waals surface area (Å²) in [5.41, 5.74) is 4.96. The molecule has 1 N–H and O–H groups in total. The number of nitrogens with one attached hydrogen (secondary N) is 1. The Hall–Kier alpha value is -4.75. The minimum atomic E-state index is -0.780. The van der Waals surface area contributed by atoms with Crippen molar-refractivity contribution in [1.29, 1.82) is 0 Å². The van der Waals surface area contributed by atoms with Gasteiger partial charge >= 0.3 is 0 Å². The highest BCUT2D eigenvalue weighted by Gasteiger charge is 2.41. The van der Waals surface area contributed by atoms with Crippen LogP contribution in [0.4, 0.5) is 0 Å². The van der Waals surface area contributed by atoms with Gasteiger partial charge in [0.25, 0.3) is 0 Å². The third-order valence-electron chi connectivity index (χ3n) is 7.65. The third kappa shape index (κ3) is 4.06. The van der Waals surface area contributed by atoms with E-state index in [1.54, 1.807) is 6.20 Å². The zero-order chi connectivity index (χ0) is 26.8. The highest BCUT2D eigenvalue weighted by atomic mass is 16.5. The molecule has 0 bridgehead atoms. The molecule has 4 heterocycles. The first-order chi connectivity index (χ1) is 19.9. The van der Waals surface area contributed by atoms with Gasteiger partial charge in [0.05, 0.1) is 29.8 Å². The largest absolute Gasteiger partial charge is 0.474 e. The summed E-state index contributed by atoms with van der Waals surface area (Å²) in [5.74, 6) is 0.573. The first kappa shape index (κ1) is 24.3. The molecule has 0 atom stereocenters. The molecule has 40 heavy (non-hydrogen) atoms. The fraction of sp³-hybridized carbons (Fsp3) is 0.182. The Morgan fingerprint density at radius 1 is 0.750 bits per heavy atom. The molecule has 0 amide bonds. The van der Waals surface area contributed by atoms with E-state index in [1.165, 1.54) is 0 Å². The molecule has 0 unspecified atom stereocenters. The van der Waals surface area contributed by atoms with Gasteiger partial charge in [0.15, 0.2) is 0 Å². The molecule has 0 saturated carbocycles. The van der Waals surface area contributed by atoms with Gasteiger partial charge in [-0.2, -0.15) is 10.2 Å². The van der Waals surface area contributed by atoms with Crippen LogP contribution in [0.1, 0.15) is 29.5 Å². The number of benzene rings is 3. The predicted molar refractivity (Wildman–Crippen MR) is 154 cm³/mol. The van der Waals surface area contributed by atoms with Crippen LogP contribution in [-0.2, 0) is 10.3 Å². The van der Waals surface area contributed by atoms with E-state index in [1.807, 2.05) is 36.5 Å². The zero-order valence-electron chi connectivity index (χ0n) is 22.0. The number of ether oxygens (including phenoxy) is 2. The Bertz CT molecular complexity index is 1600. The Labute approximate surface area is 232 Å². The van der Waals surface area contributed by atoms with Crippen molar-refractivity contribution in [3.8, 4) is 17.3 Å². The number of pyridine rings is 1. The highest BCUT2D eigenvalue weighted by Crippen LogP contribution is 2.45. The van der Waals surface area contributed by atoms with Crippen LogP contribution in [-0.4, -0.2) is 44.3 Å². The van der Waals surface area contributed by atoms with E-state index in [0.29, 0.717) is 19.1 Å². The van der Waals surface area contributed by atoms with E-state index in [9.17, 15) is 0 Å². The number of rotatable bonds is 7. The minimum absolute atomic E-state index is 0.0342. The van der Waals surface area contributed by atoms with Crippen LogP contribution in [0, 0.1) is 0 Å². The molecule has 7 rings (SSSR count). The van der Waals surface area contributed by atoms with Gasteiger partial charge < -0.3 is 9.47 Å². The second kappa shape index (κ2) is 10.4. The maximum absolute atomic E-state index is 6.57. The molecule has 1 saturated heterocycles. The van der Waals surface area contributed by atoms with Gasteiger partial charge in [-0.25, -0.2) is 9.67 Å². The maximum atomic E-state index is 6.57. The van der Waals surface area contributed by atoms with Gasteiger partial charge in [-0.1, -0.05) is 91.0 Å². The van der Waals surface area contributed by atoms with Crippen molar-refractivity contribution in [3.63, 3.8) is 0 Å². The molecular weight excluding hydrogens is 498 g/mol. The number of aromatic amines is 1. The summed E-state index contributed by atoms with van der Waals surface area (Å²) in [4.78, 5) is 4.73. The number of hydrogen-bond donors (Lipinski definition) is 1. The van der Waals surface area contributed by atoms with E-state index in [-0.39, 0.29) is 6.10 Å². The molecule has 3 aromatic carbocycles. The normalized spacial score (nSPS) is 14.4. The number of aromatic nitrogens is 5. The average molecular weight is 528 g/mol. The maximum Gasteiger partial charge on any atom is 0.225 e. The van der Waals surface area contributed by atoms with Crippen molar-refractivity contribution in [2.75, 3.05) is 13.2 Å². The Balaban J connectivity index is 1.58. The summed E-state index contributed by atoms with van der Waals surface area (Å²) < 4.78 is 14.3. The molecular formula is C33H29N5O2. The van der Waals surface area contributed by atoms with Gasteiger partial charge in [0, 0.05) is 25.2 Å². The zero-order valence-corrected chi connectivity index (χ0v) is 22.0. The fourth-order valence-corrected chi connectivity index (χ4v) is 5.81. The molecule has 1 fully saturated rings. The average Bonchev–Trinajstić information content (AvgIpc) is 3.70. The second-order valence-corrected chi connectivity index (χ2v) is 9.98. The molecule has 0 spiro atoms. The van der Waals surface area contributed by atoms with Crippen LogP contribution < -0.4 is 4.74 Å². The van der Waals surface area contributed by atoms with Crippen molar-refractivity contribution >= 4 is 10.9 Å². The van der Waals surface area contributed by atoms with Gasteiger partial charge in [0.2, 0.25) is 5.88 Å². The Kier molecular flexibility index (Phi) is 6.34. The van der Waals surface area contributed by atoms with E-state index in [0.717, 1.165) is 51.8 Å². The number of hydrogen-bond acceptors (Lipinski definition) is 5. The summed E-state index contributed by atoms with van der Waals surface area (Å²) in [6, 6.07) is 35.6. The number of nitrogens with zero attached hydrogens (tertiary/aromatic N) is 4. The summed E-state index contributed by atoms with van der Waals surface area (Å²) in [7, 11) is 0. The molecule has 3 aromatic heterocycles. The number of H-pyrrole nitrogens is 1.